The molecule has 5 heteroatoms. The van der Waals surface area contributed by atoms with Gasteiger partial charge in [-0.15, -0.1) is 0 Å². The van der Waals surface area contributed by atoms with Gasteiger partial charge in [-0.2, -0.15) is 0 Å². The van der Waals surface area contributed by atoms with Crippen LogP contribution >= 0.6 is 0 Å². The zero-order valence-corrected chi connectivity index (χ0v) is 12.3. The Morgan fingerprint density at radius 2 is 2.10 bits per heavy atom. The summed E-state index contributed by atoms with van der Waals surface area (Å²) >= 11 is 0. The van der Waals surface area contributed by atoms with Gasteiger partial charge in [0, 0.05) is 19.0 Å². The van der Waals surface area contributed by atoms with Gasteiger partial charge >= 0.3 is 0 Å². The summed E-state index contributed by atoms with van der Waals surface area (Å²) in [6.45, 7) is 5.14. The molecule has 110 valence electrons. The van der Waals surface area contributed by atoms with E-state index in [2.05, 4.69) is 0 Å². The lowest BCUT2D eigenvalue weighted by Gasteiger charge is -2.26. The van der Waals surface area contributed by atoms with Crippen molar-refractivity contribution in [3.05, 3.63) is 23.8 Å². The average Bonchev–Trinajstić information content (AvgIpc) is 2.73. The summed E-state index contributed by atoms with van der Waals surface area (Å²) in [5.74, 6) is 1.49. The van der Waals surface area contributed by atoms with Crippen LogP contribution in [-0.4, -0.2) is 37.1 Å². The van der Waals surface area contributed by atoms with Crippen molar-refractivity contribution < 1.29 is 14.3 Å². The molecule has 2 unspecified atom stereocenters. The summed E-state index contributed by atoms with van der Waals surface area (Å²) < 4.78 is 10.9. The normalized spacial score (nSPS) is 22.2. The number of amides is 1. The predicted octanol–water partition coefficient (Wildman–Crippen LogP) is 1.71. The van der Waals surface area contributed by atoms with E-state index in [1.807, 2.05) is 36.9 Å². The number of nitrogens with two attached hydrogens (primary N) is 1. The van der Waals surface area contributed by atoms with Gasteiger partial charge in [0.25, 0.3) is 0 Å². The number of likely N-dealkylation sites (N-methyl/N-ethyl adjacent to an activating group) is 1. The van der Waals surface area contributed by atoms with Crippen molar-refractivity contribution in [2.45, 2.75) is 32.4 Å². The Kier molecular flexibility index (Phi) is 4.49. The van der Waals surface area contributed by atoms with Gasteiger partial charge < -0.3 is 20.1 Å². The van der Waals surface area contributed by atoms with Crippen molar-refractivity contribution in [1.29, 1.82) is 0 Å². The molecule has 0 saturated carbocycles. The summed E-state index contributed by atoms with van der Waals surface area (Å²) in [4.78, 5) is 13.7. The van der Waals surface area contributed by atoms with Crippen molar-refractivity contribution in [2.75, 3.05) is 20.3 Å². The lowest BCUT2D eigenvalue weighted by molar-refractivity contribution is -0.128. The van der Waals surface area contributed by atoms with Gasteiger partial charge in [0.15, 0.2) is 11.5 Å². The lowest BCUT2D eigenvalue weighted by Crippen LogP contribution is -2.32. The molecular formula is C15H22N2O3. The number of methoxy groups -OCH3 is 1. The third-order valence-corrected chi connectivity index (χ3v) is 3.64. The van der Waals surface area contributed by atoms with Gasteiger partial charge in [-0.3, -0.25) is 4.79 Å². The molecule has 2 rings (SSSR count). The Bertz CT molecular complexity index is 490. The second kappa shape index (κ2) is 6.13. The van der Waals surface area contributed by atoms with Crippen molar-refractivity contribution in [3.63, 3.8) is 0 Å². The van der Waals surface area contributed by atoms with Crippen LogP contribution in [-0.2, 0) is 4.79 Å². The van der Waals surface area contributed by atoms with Crippen LogP contribution in [0.3, 0.4) is 0 Å². The second-order valence-corrected chi connectivity index (χ2v) is 4.84. The van der Waals surface area contributed by atoms with E-state index in [0.717, 1.165) is 5.56 Å². The third-order valence-electron chi connectivity index (χ3n) is 3.64. The number of hydrogen-bond acceptors (Lipinski definition) is 4. The summed E-state index contributed by atoms with van der Waals surface area (Å²) in [6.07, 6.45) is 0.397. The highest BCUT2D eigenvalue weighted by Crippen LogP contribution is 2.36. The quantitative estimate of drug-likeness (QED) is 0.890. The molecule has 0 radical (unpaired) electrons. The summed E-state index contributed by atoms with van der Waals surface area (Å²) in [5.41, 5.74) is 7.11. The first kappa shape index (κ1) is 14.7. The van der Waals surface area contributed by atoms with Gasteiger partial charge in [-0.25, -0.2) is 0 Å². The number of rotatable bonds is 5. The minimum Gasteiger partial charge on any atom is -0.493 e. The summed E-state index contributed by atoms with van der Waals surface area (Å²) in [7, 11) is 1.61. The largest absolute Gasteiger partial charge is 0.493 e. The minimum atomic E-state index is -0.176. The topological polar surface area (TPSA) is 64.8 Å². The van der Waals surface area contributed by atoms with Gasteiger partial charge in [0.1, 0.15) is 0 Å². The van der Waals surface area contributed by atoms with Crippen LogP contribution in [0, 0.1) is 0 Å². The van der Waals surface area contributed by atoms with Crippen molar-refractivity contribution in [1.82, 2.24) is 4.90 Å². The number of benzene rings is 1. The van der Waals surface area contributed by atoms with Crippen LogP contribution < -0.4 is 15.2 Å². The molecule has 0 aromatic heterocycles. The first-order valence-electron chi connectivity index (χ1n) is 6.98. The fraction of sp³-hybridized carbons (Fsp3) is 0.533. The van der Waals surface area contributed by atoms with E-state index in [1.54, 1.807) is 7.11 Å². The molecule has 1 fully saturated rings. The number of nitrogens with zero attached hydrogens (tertiary/aromatic N) is 1. The molecule has 1 saturated heterocycles. The Balaban J connectivity index is 2.34. The molecular weight excluding hydrogens is 256 g/mol. The molecule has 2 N–H and O–H groups in total. The number of hydrogen-bond donors (Lipinski definition) is 1. The van der Waals surface area contributed by atoms with Gasteiger partial charge in [-0.1, -0.05) is 6.07 Å². The van der Waals surface area contributed by atoms with Gasteiger partial charge in [0.2, 0.25) is 5.91 Å². The molecule has 1 heterocycles. The second-order valence-electron chi connectivity index (χ2n) is 4.84. The minimum absolute atomic E-state index is 0.0860. The smallest absolute Gasteiger partial charge is 0.224 e. The van der Waals surface area contributed by atoms with E-state index in [9.17, 15) is 4.79 Å². The molecule has 0 bridgehead atoms. The molecule has 1 aliphatic rings. The highest BCUT2D eigenvalue weighted by Gasteiger charge is 2.37. The molecule has 1 aromatic rings. The number of ether oxygens (including phenoxy) is 2. The number of carbonyl (C=O) groups excluding carboxylic acids is 1. The fourth-order valence-corrected chi connectivity index (χ4v) is 2.76. The molecule has 0 spiro atoms. The maximum Gasteiger partial charge on any atom is 0.224 e. The predicted molar refractivity (Wildman–Crippen MR) is 76.9 cm³/mol. The van der Waals surface area contributed by atoms with E-state index in [1.165, 1.54) is 0 Å². The zero-order valence-electron chi connectivity index (χ0n) is 12.3. The van der Waals surface area contributed by atoms with Crippen molar-refractivity contribution in [2.24, 2.45) is 5.73 Å². The molecule has 5 nitrogen and oxygen atoms in total. The maximum atomic E-state index is 11.9. The maximum absolute atomic E-state index is 11.9. The van der Waals surface area contributed by atoms with Crippen molar-refractivity contribution >= 4 is 5.91 Å². The Hall–Kier alpha value is -1.75. The fourth-order valence-electron chi connectivity index (χ4n) is 2.76. The average molecular weight is 278 g/mol. The third kappa shape index (κ3) is 2.58. The highest BCUT2D eigenvalue weighted by molar-refractivity contribution is 5.80. The molecule has 0 aliphatic carbocycles. The van der Waals surface area contributed by atoms with Crippen LogP contribution in [0.2, 0.25) is 0 Å². The lowest BCUT2D eigenvalue weighted by atomic mass is 10.00. The van der Waals surface area contributed by atoms with Gasteiger partial charge in [0.05, 0.1) is 19.8 Å². The number of likely N-dealkylation sites (tertiary alicyclic amines) is 1. The molecule has 1 amide bonds. The molecule has 20 heavy (non-hydrogen) atoms. The van der Waals surface area contributed by atoms with Crippen LogP contribution in [0.4, 0.5) is 0 Å². The number of carbonyl (C=O) groups is 1. The van der Waals surface area contributed by atoms with E-state index in [4.69, 9.17) is 15.2 Å². The molecule has 1 aromatic carbocycles. The zero-order chi connectivity index (χ0) is 14.7. The first-order valence-corrected chi connectivity index (χ1v) is 6.98. The van der Waals surface area contributed by atoms with Crippen LogP contribution in [0.1, 0.15) is 31.9 Å². The monoisotopic (exact) mass is 278 g/mol. The van der Waals surface area contributed by atoms with E-state index in [0.29, 0.717) is 31.1 Å². The highest BCUT2D eigenvalue weighted by atomic mass is 16.5. The van der Waals surface area contributed by atoms with Crippen LogP contribution in [0.15, 0.2) is 18.2 Å². The first-order chi connectivity index (χ1) is 9.62. The Morgan fingerprint density at radius 3 is 2.70 bits per heavy atom. The Labute approximate surface area is 119 Å². The van der Waals surface area contributed by atoms with E-state index >= 15 is 0 Å². The Morgan fingerprint density at radius 1 is 1.35 bits per heavy atom. The standard InChI is InChI=1S/C15H22N2O3/c1-4-17-14(18)9-11(16)15(17)10-6-7-12(20-5-2)13(8-10)19-3/h6-8,11,15H,4-5,9,16H2,1-3H3. The van der Waals surface area contributed by atoms with Crippen LogP contribution in [0.25, 0.3) is 0 Å². The van der Waals surface area contributed by atoms with Crippen LogP contribution in [0.5, 0.6) is 11.5 Å². The molecule has 2 atom stereocenters. The van der Waals surface area contributed by atoms with Crippen molar-refractivity contribution in [3.8, 4) is 11.5 Å². The van der Waals surface area contributed by atoms with E-state index < -0.39 is 0 Å². The summed E-state index contributed by atoms with van der Waals surface area (Å²) in [6, 6.07) is 5.49. The van der Waals surface area contributed by atoms with E-state index in [-0.39, 0.29) is 18.0 Å². The summed E-state index contributed by atoms with van der Waals surface area (Å²) in [5, 5.41) is 0. The van der Waals surface area contributed by atoms with Gasteiger partial charge in [-0.05, 0) is 31.5 Å². The SMILES string of the molecule is CCOc1ccc(C2C(N)CC(=O)N2CC)cc1OC. The molecule has 1 aliphatic heterocycles.